The van der Waals surface area contributed by atoms with E-state index in [-0.39, 0.29) is 28.7 Å². The summed E-state index contributed by atoms with van der Waals surface area (Å²) >= 11 is 6.14. The molecule has 3 aromatic rings. The molecule has 1 atom stereocenters. The van der Waals surface area contributed by atoms with Gasteiger partial charge in [-0.1, -0.05) is 11.6 Å². The van der Waals surface area contributed by atoms with Gasteiger partial charge in [0.1, 0.15) is 5.15 Å². The summed E-state index contributed by atoms with van der Waals surface area (Å²) in [6.45, 7) is 9.20. The Balaban J connectivity index is 1.37. The van der Waals surface area contributed by atoms with Crippen LogP contribution < -0.4 is 15.0 Å². The summed E-state index contributed by atoms with van der Waals surface area (Å²) in [6.07, 6.45) is 8.03. The Bertz CT molecular complexity index is 1260. The molecule has 0 spiro atoms. The van der Waals surface area contributed by atoms with Gasteiger partial charge < -0.3 is 19.9 Å². The molecular formula is C30H37ClFN5O2. The summed E-state index contributed by atoms with van der Waals surface area (Å²) in [4.78, 5) is 25.8. The molecule has 1 aromatic carbocycles. The number of ether oxygens (including phenoxy) is 1. The van der Waals surface area contributed by atoms with E-state index in [9.17, 15) is 9.18 Å². The molecule has 1 aliphatic rings. The highest BCUT2D eigenvalue weighted by Gasteiger charge is 2.28. The van der Waals surface area contributed by atoms with E-state index in [4.69, 9.17) is 16.3 Å². The van der Waals surface area contributed by atoms with Crippen LogP contribution in [0.15, 0.2) is 48.9 Å². The normalized spacial score (nSPS) is 15.1. The van der Waals surface area contributed by atoms with Gasteiger partial charge in [-0.25, -0.2) is 9.37 Å². The van der Waals surface area contributed by atoms with Crippen LogP contribution in [0.4, 0.5) is 10.1 Å². The van der Waals surface area contributed by atoms with Crippen molar-refractivity contribution in [3.63, 3.8) is 0 Å². The highest BCUT2D eigenvalue weighted by molar-refractivity contribution is 6.32. The number of nitrogens with zero attached hydrogens (tertiary/aromatic N) is 4. The average Bonchev–Trinajstić information content (AvgIpc) is 2.92. The van der Waals surface area contributed by atoms with E-state index >= 15 is 0 Å². The minimum Gasteiger partial charge on any atom is -0.494 e. The highest BCUT2D eigenvalue weighted by Crippen LogP contribution is 2.30. The monoisotopic (exact) mass is 553 g/mol. The zero-order valence-corrected chi connectivity index (χ0v) is 23.8. The van der Waals surface area contributed by atoms with E-state index in [1.165, 1.54) is 12.7 Å². The number of piperidine rings is 1. The molecule has 9 heteroatoms. The molecule has 208 valence electrons. The zero-order valence-electron chi connectivity index (χ0n) is 23.1. The number of amides is 1. The average molecular weight is 554 g/mol. The highest BCUT2D eigenvalue weighted by atomic mass is 35.5. The van der Waals surface area contributed by atoms with E-state index in [1.54, 1.807) is 30.6 Å². The number of carbonyl (C=O) groups is 1. The number of hydrogen-bond donors (Lipinski definition) is 1. The molecule has 1 N–H and O–H groups in total. The van der Waals surface area contributed by atoms with Crippen LogP contribution >= 0.6 is 11.6 Å². The Morgan fingerprint density at radius 1 is 1.21 bits per heavy atom. The van der Waals surface area contributed by atoms with Gasteiger partial charge in [0.15, 0.2) is 11.6 Å². The molecule has 4 rings (SSSR count). The van der Waals surface area contributed by atoms with Gasteiger partial charge >= 0.3 is 0 Å². The fraction of sp³-hybridized carbons (Fsp3) is 0.433. The van der Waals surface area contributed by atoms with Gasteiger partial charge in [0, 0.05) is 68.6 Å². The number of nitrogens with one attached hydrogen (secondary N) is 1. The third-order valence-electron chi connectivity index (χ3n) is 7.71. The maximum absolute atomic E-state index is 14.7. The van der Waals surface area contributed by atoms with Gasteiger partial charge in [-0.2, -0.15) is 0 Å². The number of hydrogen-bond acceptors (Lipinski definition) is 6. The van der Waals surface area contributed by atoms with Crippen molar-refractivity contribution < 1.29 is 13.9 Å². The second-order valence-electron chi connectivity index (χ2n) is 10.2. The lowest BCUT2D eigenvalue weighted by Gasteiger charge is -2.42. The second-order valence-corrected chi connectivity index (χ2v) is 10.6. The number of rotatable bonds is 10. The molecular weight excluding hydrogens is 517 g/mol. The smallest absolute Gasteiger partial charge is 0.254 e. The SMILES string of the molecule is COc1ccc(N(Cc2cnccc2C)C2CCN(C(C)CCNC(=O)c3c(C)ccnc3Cl)CC2)cc1F. The van der Waals surface area contributed by atoms with Crippen LogP contribution in [0.3, 0.4) is 0 Å². The van der Waals surface area contributed by atoms with Crippen molar-refractivity contribution in [2.24, 2.45) is 0 Å². The van der Waals surface area contributed by atoms with Crippen LogP contribution in [0.2, 0.25) is 5.15 Å². The number of aromatic nitrogens is 2. The Labute approximate surface area is 235 Å². The third kappa shape index (κ3) is 7.05. The molecule has 39 heavy (non-hydrogen) atoms. The van der Waals surface area contributed by atoms with E-state index in [0.29, 0.717) is 24.7 Å². The first-order chi connectivity index (χ1) is 18.8. The first kappa shape index (κ1) is 28.8. The fourth-order valence-corrected chi connectivity index (χ4v) is 5.50. The molecule has 7 nitrogen and oxygen atoms in total. The van der Waals surface area contributed by atoms with Gasteiger partial charge in [0.2, 0.25) is 0 Å². The van der Waals surface area contributed by atoms with Crippen LogP contribution in [0.1, 0.15) is 53.2 Å². The van der Waals surface area contributed by atoms with E-state index in [1.807, 2.05) is 25.3 Å². The number of halogens is 2. The number of carbonyl (C=O) groups excluding carboxylic acids is 1. The minimum atomic E-state index is -0.362. The molecule has 0 bridgehead atoms. The minimum absolute atomic E-state index is 0.190. The van der Waals surface area contributed by atoms with Crippen molar-refractivity contribution in [3.8, 4) is 5.75 Å². The zero-order chi connectivity index (χ0) is 27.9. The molecule has 1 unspecified atom stereocenters. The summed E-state index contributed by atoms with van der Waals surface area (Å²) < 4.78 is 19.8. The number of anilines is 1. The number of aryl methyl sites for hydroxylation is 2. The summed E-state index contributed by atoms with van der Waals surface area (Å²) in [7, 11) is 1.48. The number of benzene rings is 1. The molecule has 1 saturated heterocycles. The number of methoxy groups -OCH3 is 1. The topological polar surface area (TPSA) is 70.6 Å². The summed E-state index contributed by atoms with van der Waals surface area (Å²) in [5, 5.41) is 3.22. The summed E-state index contributed by atoms with van der Waals surface area (Å²) in [5.74, 6) is -0.309. The lowest BCUT2D eigenvalue weighted by molar-refractivity contribution is 0.0944. The van der Waals surface area contributed by atoms with Crippen molar-refractivity contribution in [3.05, 3.63) is 82.1 Å². The molecule has 3 heterocycles. The van der Waals surface area contributed by atoms with Gasteiger partial charge in [-0.3, -0.25) is 9.78 Å². The second kappa shape index (κ2) is 13.2. The lowest BCUT2D eigenvalue weighted by Crippen LogP contribution is -2.48. The van der Waals surface area contributed by atoms with Crippen LogP contribution in [0, 0.1) is 19.7 Å². The molecule has 1 fully saturated rings. The summed E-state index contributed by atoms with van der Waals surface area (Å²) in [5.41, 5.74) is 4.39. The van der Waals surface area contributed by atoms with Crippen molar-refractivity contribution >= 4 is 23.2 Å². The molecule has 0 aliphatic carbocycles. The summed E-state index contributed by atoms with van der Waals surface area (Å²) in [6, 6.07) is 9.56. The first-order valence-electron chi connectivity index (χ1n) is 13.4. The Morgan fingerprint density at radius 3 is 2.62 bits per heavy atom. The molecule has 0 saturated carbocycles. The standard InChI is InChI=1S/C30H37ClFN5O2/c1-20-7-12-33-18-23(20)19-37(25-5-6-27(39-4)26(32)17-25)24-10-15-36(16-11-24)22(3)9-14-35-30(38)28-21(2)8-13-34-29(28)31/h5-8,12-13,17-18,22,24H,9-11,14-16,19H2,1-4H3,(H,35,38). The van der Waals surface area contributed by atoms with E-state index < -0.39 is 0 Å². The van der Waals surface area contributed by atoms with Gasteiger partial charge in [0.25, 0.3) is 5.91 Å². The van der Waals surface area contributed by atoms with Crippen molar-refractivity contribution in [2.45, 2.75) is 58.7 Å². The van der Waals surface area contributed by atoms with Crippen LogP contribution in [-0.2, 0) is 6.54 Å². The molecule has 1 amide bonds. The molecule has 2 aromatic heterocycles. The lowest BCUT2D eigenvalue weighted by atomic mass is 9.99. The third-order valence-corrected chi connectivity index (χ3v) is 7.99. The maximum atomic E-state index is 14.7. The van der Waals surface area contributed by atoms with Crippen LogP contribution in [0.5, 0.6) is 5.75 Å². The van der Waals surface area contributed by atoms with Crippen LogP contribution in [0.25, 0.3) is 0 Å². The maximum Gasteiger partial charge on any atom is 0.254 e. The molecule has 0 radical (unpaired) electrons. The van der Waals surface area contributed by atoms with Crippen molar-refractivity contribution in [2.75, 3.05) is 31.6 Å². The molecule has 1 aliphatic heterocycles. The Hall–Kier alpha value is -3.23. The predicted molar refractivity (Wildman–Crippen MR) is 153 cm³/mol. The predicted octanol–water partition coefficient (Wildman–Crippen LogP) is 5.57. The fourth-order valence-electron chi connectivity index (χ4n) is 5.21. The Morgan fingerprint density at radius 2 is 1.95 bits per heavy atom. The first-order valence-corrected chi connectivity index (χ1v) is 13.8. The van der Waals surface area contributed by atoms with Crippen LogP contribution in [-0.4, -0.2) is 59.6 Å². The van der Waals surface area contributed by atoms with Gasteiger partial charge in [0.05, 0.1) is 12.7 Å². The van der Waals surface area contributed by atoms with E-state index in [2.05, 4.69) is 38.9 Å². The van der Waals surface area contributed by atoms with Gasteiger partial charge in [-0.15, -0.1) is 0 Å². The van der Waals surface area contributed by atoms with Crippen molar-refractivity contribution in [1.29, 1.82) is 0 Å². The van der Waals surface area contributed by atoms with Crippen molar-refractivity contribution in [1.82, 2.24) is 20.2 Å². The van der Waals surface area contributed by atoms with E-state index in [0.717, 1.165) is 49.2 Å². The number of likely N-dealkylation sites (tertiary alicyclic amines) is 1. The largest absolute Gasteiger partial charge is 0.494 e. The Kier molecular flexibility index (Phi) is 9.75. The number of pyridine rings is 2. The quantitative estimate of drug-likeness (QED) is 0.331. The van der Waals surface area contributed by atoms with Gasteiger partial charge in [-0.05, 0) is 81.0 Å².